The summed E-state index contributed by atoms with van der Waals surface area (Å²) in [6.45, 7) is 1.74. The van der Waals surface area contributed by atoms with Crippen LogP contribution in [0.1, 0.15) is 33.5 Å². The molecule has 2 aliphatic rings. The minimum atomic E-state index is -4.54. The molecule has 4 rings (SSSR count). The summed E-state index contributed by atoms with van der Waals surface area (Å²) in [6.07, 6.45) is -4.82. The predicted octanol–water partition coefficient (Wildman–Crippen LogP) is 6.10. The Bertz CT molecular complexity index is 1080. The van der Waals surface area contributed by atoms with E-state index in [4.69, 9.17) is 23.2 Å². The molecule has 2 aromatic rings. The number of carbonyl (C=O) groups is 1. The van der Waals surface area contributed by atoms with Gasteiger partial charge in [0.1, 0.15) is 22.3 Å². The van der Waals surface area contributed by atoms with E-state index < -0.39 is 22.1 Å². The van der Waals surface area contributed by atoms with E-state index in [0.717, 1.165) is 0 Å². The molecule has 0 unspecified atom stereocenters. The van der Waals surface area contributed by atoms with Crippen LogP contribution in [-0.2, 0) is 15.9 Å². The molecule has 1 saturated heterocycles. The molecule has 10 heteroatoms. The van der Waals surface area contributed by atoms with Gasteiger partial charge in [-0.05, 0) is 70.0 Å². The van der Waals surface area contributed by atoms with E-state index in [1.54, 1.807) is 25.1 Å². The molecule has 0 aliphatic carbocycles. The standard InChI is InChI=1S/C22H18Cl2F3NO2S2/c1-12-4-13(2-3-19(12)20(29)28-18-10-32(30)11-18)14-8-21(31-9-14,22(25,26)27)15-5-16(23)7-17(24)6-15/h2-7,9,18H,8,10-11H2,1H3,(H,28,29)/t18-,21-,32+/m0/s1. The van der Waals surface area contributed by atoms with Gasteiger partial charge >= 0.3 is 6.18 Å². The van der Waals surface area contributed by atoms with Crippen molar-refractivity contribution < 1.29 is 22.5 Å². The van der Waals surface area contributed by atoms with Crippen LogP contribution in [0.2, 0.25) is 10.0 Å². The Morgan fingerprint density at radius 2 is 1.84 bits per heavy atom. The van der Waals surface area contributed by atoms with E-state index in [1.807, 2.05) is 0 Å². The summed E-state index contributed by atoms with van der Waals surface area (Å²) < 4.78 is 51.8. The lowest BCUT2D eigenvalue weighted by molar-refractivity contribution is -0.160. The molecule has 1 amide bonds. The molecule has 0 aromatic heterocycles. The minimum absolute atomic E-state index is 0.00403. The zero-order chi connectivity index (χ0) is 23.3. The summed E-state index contributed by atoms with van der Waals surface area (Å²) in [7, 11) is 0. The Kier molecular flexibility index (Phi) is 6.55. The van der Waals surface area contributed by atoms with Crippen molar-refractivity contribution in [3.05, 3.63) is 74.1 Å². The van der Waals surface area contributed by atoms with Crippen molar-refractivity contribution in [3.63, 3.8) is 0 Å². The number of alkyl halides is 3. The fourth-order valence-corrected chi connectivity index (χ4v) is 6.53. The van der Waals surface area contributed by atoms with Crippen molar-refractivity contribution in [2.24, 2.45) is 0 Å². The van der Waals surface area contributed by atoms with E-state index in [9.17, 15) is 22.5 Å². The van der Waals surface area contributed by atoms with Crippen LogP contribution in [0.15, 0.2) is 41.8 Å². The highest BCUT2D eigenvalue weighted by atomic mass is 35.5. The van der Waals surface area contributed by atoms with Crippen molar-refractivity contribution in [1.29, 1.82) is 0 Å². The van der Waals surface area contributed by atoms with Gasteiger partial charge < -0.3 is 9.87 Å². The second-order valence-corrected chi connectivity index (χ2v) is 11.5. The molecule has 1 fully saturated rings. The van der Waals surface area contributed by atoms with Crippen LogP contribution in [-0.4, -0.2) is 34.2 Å². The van der Waals surface area contributed by atoms with E-state index in [0.29, 0.717) is 45.5 Å². The lowest BCUT2D eigenvalue weighted by atomic mass is 9.87. The first-order valence-corrected chi connectivity index (χ1v) is 12.8. The third-order valence-electron chi connectivity index (χ3n) is 5.58. The first-order valence-electron chi connectivity index (χ1n) is 9.65. The van der Waals surface area contributed by atoms with Gasteiger partial charge in [0.2, 0.25) is 0 Å². The fraction of sp³-hybridized carbons (Fsp3) is 0.318. The number of hydrogen-bond acceptors (Lipinski definition) is 3. The summed E-state index contributed by atoms with van der Waals surface area (Å²) in [5, 5.41) is 4.64. The zero-order valence-electron chi connectivity index (χ0n) is 16.8. The van der Waals surface area contributed by atoms with Gasteiger partial charge in [-0.3, -0.25) is 4.79 Å². The number of amides is 1. The zero-order valence-corrected chi connectivity index (χ0v) is 19.9. The first kappa shape index (κ1) is 23.8. The third-order valence-corrected chi connectivity index (χ3v) is 8.98. The lowest BCUT2D eigenvalue weighted by Gasteiger charge is -2.32. The smallest absolute Gasteiger partial charge is 0.407 e. The first-order chi connectivity index (χ1) is 15.0. The number of allylic oxidation sites excluding steroid dienone is 1. The molecule has 170 valence electrons. The van der Waals surface area contributed by atoms with Crippen LogP contribution in [0.5, 0.6) is 0 Å². The maximum atomic E-state index is 14.3. The van der Waals surface area contributed by atoms with Crippen molar-refractivity contribution in [3.8, 4) is 0 Å². The van der Waals surface area contributed by atoms with Crippen LogP contribution < -0.4 is 5.32 Å². The molecule has 0 bridgehead atoms. The molecule has 32 heavy (non-hydrogen) atoms. The molecule has 0 spiro atoms. The number of nitrogens with one attached hydrogen (secondary N) is 1. The number of halogens is 5. The third kappa shape index (κ3) is 4.53. The topological polar surface area (TPSA) is 52.2 Å². The highest BCUT2D eigenvalue weighted by Gasteiger charge is 2.58. The average molecular weight is 520 g/mol. The molecular formula is C22H18Cl2F3NO2S2. The fourth-order valence-electron chi connectivity index (χ4n) is 3.85. The van der Waals surface area contributed by atoms with Gasteiger partial charge in [0.25, 0.3) is 5.91 Å². The Morgan fingerprint density at radius 1 is 1.19 bits per heavy atom. The molecule has 1 atom stereocenters. The van der Waals surface area contributed by atoms with Gasteiger partial charge in [-0.2, -0.15) is 13.2 Å². The number of thioether (sulfide) groups is 1. The van der Waals surface area contributed by atoms with Crippen LogP contribution >= 0.6 is 35.0 Å². The van der Waals surface area contributed by atoms with Crippen LogP contribution in [0.3, 0.4) is 0 Å². The van der Waals surface area contributed by atoms with Gasteiger partial charge in [0.05, 0.1) is 0 Å². The Hall–Kier alpha value is -1.32. The molecule has 2 aliphatic heterocycles. The number of benzene rings is 2. The van der Waals surface area contributed by atoms with Crippen molar-refractivity contribution >= 4 is 57.6 Å². The Labute approximate surface area is 200 Å². The number of rotatable bonds is 4. The molecule has 0 radical (unpaired) electrons. The van der Waals surface area contributed by atoms with Gasteiger partial charge in [0.15, 0.2) is 0 Å². The quantitative estimate of drug-likeness (QED) is 0.496. The van der Waals surface area contributed by atoms with Crippen molar-refractivity contribution in [2.75, 3.05) is 11.5 Å². The Morgan fingerprint density at radius 3 is 2.41 bits per heavy atom. The number of aryl methyl sites for hydroxylation is 1. The maximum absolute atomic E-state index is 14.3. The maximum Gasteiger partial charge on any atom is 0.407 e. The minimum Gasteiger partial charge on any atom is -0.616 e. The summed E-state index contributed by atoms with van der Waals surface area (Å²) in [6, 6.07) is 8.90. The SMILES string of the molecule is Cc1cc(C2=CS[C@@](c3cc(Cl)cc(Cl)c3)(C(F)(F)F)C2)ccc1C(=O)N[C@H]1C[S@@+]([O-])C1. The van der Waals surface area contributed by atoms with Crippen LogP contribution in [0.4, 0.5) is 13.2 Å². The normalized spacial score (nSPS) is 25.3. The molecule has 1 N–H and O–H groups in total. The monoisotopic (exact) mass is 519 g/mol. The van der Waals surface area contributed by atoms with E-state index in [-0.39, 0.29) is 34.0 Å². The number of carbonyl (C=O) groups excluding carboxylic acids is 1. The molecular weight excluding hydrogens is 502 g/mol. The molecule has 2 aromatic carbocycles. The van der Waals surface area contributed by atoms with Crippen LogP contribution in [0.25, 0.3) is 5.57 Å². The summed E-state index contributed by atoms with van der Waals surface area (Å²) in [4.78, 5) is 12.5. The number of hydrogen-bond donors (Lipinski definition) is 1. The molecule has 2 heterocycles. The van der Waals surface area contributed by atoms with Gasteiger partial charge in [0, 0.05) is 22.0 Å². The van der Waals surface area contributed by atoms with Gasteiger partial charge in [-0.15, -0.1) is 11.8 Å². The lowest BCUT2D eigenvalue weighted by Crippen LogP contribution is -2.53. The van der Waals surface area contributed by atoms with Gasteiger partial charge in [-0.25, -0.2) is 0 Å². The van der Waals surface area contributed by atoms with E-state index >= 15 is 0 Å². The highest BCUT2D eigenvalue weighted by molar-refractivity contribution is 8.03. The summed E-state index contributed by atoms with van der Waals surface area (Å²) >= 11 is 11.8. The Balaban J connectivity index is 1.58. The van der Waals surface area contributed by atoms with E-state index in [2.05, 4.69) is 5.32 Å². The second kappa shape index (κ2) is 8.80. The largest absolute Gasteiger partial charge is 0.616 e. The average Bonchev–Trinajstić information content (AvgIpc) is 3.12. The van der Waals surface area contributed by atoms with Crippen LogP contribution in [0, 0.1) is 6.92 Å². The summed E-state index contributed by atoms with van der Waals surface area (Å²) in [5.74, 6) is 0.615. The summed E-state index contributed by atoms with van der Waals surface area (Å²) in [5.41, 5.74) is 2.25. The highest BCUT2D eigenvalue weighted by Crippen LogP contribution is 2.60. The molecule has 3 nitrogen and oxygen atoms in total. The predicted molar refractivity (Wildman–Crippen MR) is 125 cm³/mol. The van der Waals surface area contributed by atoms with Crippen molar-refractivity contribution in [1.82, 2.24) is 5.32 Å². The van der Waals surface area contributed by atoms with E-state index in [1.165, 1.54) is 23.6 Å². The second-order valence-electron chi connectivity index (χ2n) is 7.89. The molecule has 0 saturated carbocycles. The van der Waals surface area contributed by atoms with Crippen molar-refractivity contribution in [2.45, 2.75) is 30.3 Å². The van der Waals surface area contributed by atoms with Gasteiger partial charge in [-0.1, -0.05) is 35.3 Å².